The van der Waals surface area contributed by atoms with Crippen LogP contribution >= 0.6 is 0 Å². The lowest BCUT2D eigenvalue weighted by Gasteiger charge is -2.28. The van der Waals surface area contributed by atoms with Crippen molar-refractivity contribution in [1.29, 1.82) is 0 Å². The quantitative estimate of drug-likeness (QED) is 0.862. The normalized spacial score (nSPS) is 18.8. The van der Waals surface area contributed by atoms with Gasteiger partial charge < -0.3 is 10.4 Å². The lowest BCUT2D eigenvalue weighted by molar-refractivity contribution is 0.220. The van der Waals surface area contributed by atoms with E-state index in [1.165, 1.54) is 25.3 Å². The predicted molar refractivity (Wildman–Crippen MR) is 71.0 cm³/mol. The lowest BCUT2D eigenvalue weighted by atomic mass is 9.94. The van der Waals surface area contributed by atoms with Crippen molar-refractivity contribution in [3.8, 4) is 0 Å². The Morgan fingerprint density at radius 1 is 1.33 bits per heavy atom. The molecule has 3 heteroatoms. The predicted octanol–water partition coefficient (Wildman–Crippen LogP) is 3.09. The van der Waals surface area contributed by atoms with E-state index >= 15 is 0 Å². The van der Waals surface area contributed by atoms with Gasteiger partial charge in [0.1, 0.15) is 5.82 Å². The molecule has 1 aromatic carbocycles. The molecule has 1 aromatic rings. The first-order valence-electron chi connectivity index (χ1n) is 6.83. The number of hydrogen-bond acceptors (Lipinski definition) is 2. The van der Waals surface area contributed by atoms with Crippen molar-refractivity contribution in [1.82, 2.24) is 5.32 Å². The molecule has 1 saturated carbocycles. The highest BCUT2D eigenvalue weighted by Crippen LogP contribution is 2.22. The highest BCUT2D eigenvalue weighted by atomic mass is 19.1. The van der Waals surface area contributed by atoms with Gasteiger partial charge >= 0.3 is 0 Å². The van der Waals surface area contributed by atoms with Gasteiger partial charge in [-0.1, -0.05) is 31.4 Å². The van der Waals surface area contributed by atoms with E-state index in [0.29, 0.717) is 11.6 Å². The summed E-state index contributed by atoms with van der Waals surface area (Å²) in [5.41, 5.74) is 1.49. The van der Waals surface area contributed by atoms with Crippen LogP contribution in [0.15, 0.2) is 18.2 Å². The average Bonchev–Trinajstić information content (AvgIpc) is 2.40. The highest BCUT2D eigenvalue weighted by Gasteiger charge is 2.19. The molecule has 0 aliphatic heterocycles. The Balaban J connectivity index is 2.04. The average molecular weight is 251 g/mol. The number of benzene rings is 1. The molecule has 1 fully saturated rings. The molecule has 0 aromatic heterocycles. The minimum Gasteiger partial charge on any atom is -0.394 e. The Morgan fingerprint density at radius 3 is 2.67 bits per heavy atom. The number of halogens is 1. The Labute approximate surface area is 108 Å². The summed E-state index contributed by atoms with van der Waals surface area (Å²) in [5, 5.41) is 12.9. The summed E-state index contributed by atoms with van der Waals surface area (Å²) >= 11 is 0. The van der Waals surface area contributed by atoms with E-state index in [1.807, 2.05) is 6.07 Å². The number of hydrogen-bond donors (Lipinski definition) is 2. The van der Waals surface area contributed by atoms with Gasteiger partial charge in [-0.15, -0.1) is 0 Å². The van der Waals surface area contributed by atoms with Crippen molar-refractivity contribution >= 4 is 0 Å². The summed E-state index contributed by atoms with van der Waals surface area (Å²) in [6.07, 6.45) is 6.12. The molecule has 0 radical (unpaired) electrons. The van der Waals surface area contributed by atoms with Crippen molar-refractivity contribution in [2.45, 2.75) is 51.1 Å². The molecule has 1 aliphatic carbocycles. The fraction of sp³-hybridized carbons (Fsp3) is 0.600. The monoisotopic (exact) mass is 251 g/mol. The zero-order valence-corrected chi connectivity index (χ0v) is 11.0. The third-order valence-corrected chi connectivity index (χ3v) is 3.82. The van der Waals surface area contributed by atoms with Gasteiger partial charge in [0, 0.05) is 6.04 Å². The Kier molecular flexibility index (Phi) is 4.72. The van der Waals surface area contributed by atoms with Gasteiger partial charge in [-0.3, -0.25) is 0 Å². The smallest absolute Gasteiger partial charge is 0.126 e. The molecule has 2 rings (SSSR count). The molecule has 100 valence electrons. The molecule has 0 amide bonds. The molecule has 2 N–H and O–H groups in total. The molecule has 1 unspecified atom stereocenters. The second kappa shape index (κ2) is 6.30. The minimum absolute atomic E-state index is 0.0129. The van der Waals surface area contributed by atoms with Gasteiger partial charge in [-0.05, 0) is 37.0 Å². The van der Waals surface area contributed by atoms with Crippen LogP contribution in [0.1, 0.15) is 49.3 Å². The Morgan fingerprint density at radius 2 is 2.06 bits per heavy atom. The number of aryl methyl sites for hydroxylation is 1. The molecular weight excluding hydrogens is 229 g/mol. The number of aliphatic hydroxyl groups is 1. The standard InChI is InChI=1S/C15H22FNO/c1-11-7-8-12(9-14(11)16)15(10-18)17-13-5-3-2-4-6-13/h7-9,13,15,17-18H,2-6,10H2,1H3. The summed E-state index contributed by atoms with van der Waals surface area (Å²) in [6.45, 7) is 1.76. The summed E-state index contributed by atoms with van der Waals surface area (Å²) in [6, 6.07) is 5.51. The van der Waals surface area contributed by atoms with Crippen LogP contribution in [0, 0.1) is 12.7 Å². The van der Waals surface area contributed by atoms with Crippen molar-refractivity contribution in [3.63, 3.8) is 0 Å². The maximum Gasteiger partial charge on any atom is 0.126 e. The summed E-state index contributed by atoms with van der Waals surface area (Å²) in [5.74, 6) is -0.198. The first-order chi connectivity index (χ1) is 8.70. The van der Waals surface area contributed by atoms with Crippen molar-refractivity contribution in [3.05, 3.63) is 35.1 Å². The van der Waals surface area contributed by atoms with E-state index in [-0.39, 0.29) is 18.5 Å². The van der Waals surface area contributed by atoms with E-state index in [1.54, 1.807) is 13.0 Å². The first-order valence-corrected chi connectivity index (χ1v) is 6.83. The molecule has 0 bridgehead atoms. The Bertz CT molecular complexity index is 388. The molecule has 0 saturated heterocycles. The van der Waals surface area contributed by atoms with Gasteiger partial charge in [-0.25, -0.2) is 4.39 Å². The van der Waals surface area contributed by atoms with Gasteiger partial charge in [0.25, 0.3) is 0 Å². The maximum absolute atomic E-state index is 13.5. The fourth-order valence-electron chi connectivity index (χ4n) is 2.63. The SMILES string of the molecule is Cc1ccc(C(CO)NC2CCCCC2)cc1F. The van der Waals surface area contributed by atoms with Crippen molar-refractivity contribution in [2.24, 2.45) is 0 Å². The largest absolute Gasteiger partial charge is 0.394 e. The molecule has 0 heterocycles. The topological polar surface area (TPSA) is 32.3 Å². The maximum atomic E-state index is 13.5. The van der Waals surface area contributed by atoms with E-state index in [4.69, 9.17) is 0 Å². The van der Waals surface area contributed by atoms with E-state index < -0.39 is 0 Å². The highest BCUT2D eigenvalue weighted by molar-refractivity contribution is 5.26. The number of aliphatic hydroxyl groups excluding tert-OH is 1. The van der Waals surface area contributed by atoms with Crippen LogP contribution in [-0.4, -0.2) is 17.8 Å². The second-order valence-electron chi connectivity index (χ2n) is 5.25. The molecule has 0 spiro atoms. The van der Waals surface area contributed by atoms with Crippen LogP contribution in [0.25, 0.3) is 0 Å². The van der Waals surface area contributed by atoms with Crippen LogP contribution in [0.5, 0.6) is 0 Å². The number of nitrogens with one attached hydrogen (secondary N) is 1. The fourth-order valence-corrected chi connectivity index (χ4v) is 2.63. The first kappa shape index (κ1) is 13.5. The minimum atomic E-state index is -0.198. The third kappa shape index (κ3) is 3.30. The molecule has 2 nitrogen and oxygen atoms in total. The van der Waals surface area contributed by atoms with E-state index in [2.05, 4.69) is 5.32 Å². The van der Waals surface area contributed by atoms with E-state index in [0.717, 1.165) is 18.4 Å². The molecule has 1 atom stereocenters. The molecular formula is C15H22FNO. The van der Waals surface area contributed by atoms with Crippen LogP contribution in [0.2, 0.25) is 0 Å². The van der Waals surface area contributed by atoms with Crippen molar-refractivity contribution < 1.29 is 9.50 Å². The van der Waals surface area contributed by atoms with Crippen LogP contribution in [0.4, 0.5) is 4.39 Å². The van der Waals surface area contributed by atoms with Gasteiger partial charge in [0.05, 0.1) is 12.6 Å². The molecule has 1 aliphatic rings. The lowest BCUT2D eigenvalue weighted by Crippen LogP contribution is -2.36. The van der Waals surface area contributed by atoms with Crippen molar-refractivity contribution in [2.75, 3.05) is 6.61 Å². The third-order valence-electron chi connectivity index (χ3n) is 3.82. The van der Waals surface area contributed by atoms with Gasteiger partial charge in [0.15, 0.2) is 0 Å². The summed E-state index contributed by atoms with van der Waals surface area (Å²) in [7, 11) is 0. The summed E-state index contributed by atoms with van der Waals surface area (Å²) in [4.78, 5) is 0. The van der Waals surface area contributed by atoms with E-state index in [9.17, 15) is 9.50 Å². The zero-order chi connectivity index (χ0) is 13.0. The zero-order valence-electron chi connectivity index (χ0n) is 11.0. The van der Waals surface area contributed by atoms with Gasteiger partial charge in [-0.2, -0.15) is 0 Å². The van der Waals surface area contributed by atoms with Crippen LogP contribution < -0.4 is 5.32 Å². The summed E-state index contributed by atoms with van der Waals surface area (Å²) < 4.78 is 13.5. The number of rotatable bonds is 4. The van der Waals surface area contributed by atoms with Crippen LogP contribution in [-0.2, 0) is 0 Å². The van der Waals surface area contributed by atoms with Crippen LogP contribution in [0.3, 0.4) is 0 Å². The molecule has 18 heavy (non-hydrogen) atoms. The Hall–Kier alpha value is -0.930. The second-order valence-corrected chi connectivity index (χ2v) is 5.25. The van der Waals surface area contributed by atoms with Gasteiger partial charge in [0.2, 0.25) is 0 Å².